The third kappa shape index (κ3) is 5.42. The molecule has 2 heterocycles. The molecule has 3 rings (SSSR count). The molecule has 1 saturated heterocycles. The zero-order chi connectivity index (χ0) is 17.3. The van der Waals surface area contributed by atoms with Gasteiger partial charge in [-0.15, -0.1) is 0 Å². The second-order valence-corrected chi connectivity index (χ2v) is 6.03. The summed E-state index contributed by atoms with van der Waals surface area (Å²) in [5.41, 5.74) is 2.66. The number of piperazine rings is 1. The van der Waals surface area contributed by atoms with Gasteiger partial charge in [0.15, 0.2) is 0 Å². The van der Waals surface area contributed by atoms with E-state index in [4.69, 9.17) is 5.21 Å². The van der Waals surface area contributed by atoms with Crippen LogP contribution >= 0.6 is 0 Å². The van der Waals surface area contributed by atoms with Gasteiger partial charge in [0.05, 0.1) is 18.5 Å². The van der Waals surface area contributed by atoms with Gasteiger partial charge in [-0.05, 0) is 23.6 Å². The van der Waals surface area contributed by atoms with Crippen LogP contribution in [0.4, 0.5) is 0 Å². The highest BCUT2D eigenvalue weighted by atomic mass is 16.4. The Morgan fingerprint density at radius 1 is 1.00 bits per heavy atom. The fraction of sp³-hybridized carbons (Fsp3) is 0.300. The van der Waals surface area contributed by atoms with Crippen LogP contribution in [0.25, 0.3) is 0 Å². The van der Waals surface area contributed by atoms with Crippen molar-refractivity contribution in [3.05, 3.63) is 65.5 Å². The van der Waals surface area contributed by atoms with E-state index in [0.29, 0.717) is 11.4 Å². The monoisotopic (exact) mass is 334 g/mol. The van der Waals surface area contributed by atoms with Crippen LogP contribution in [-0.2, 0) is 6.54 Å². The van der Waals surface area contributed by atoms with Gasteiger partial charge in [-0.25, -0.2) is 4.98 Å². The number of oxime groups is 1. The van der Waals surface area contributed by atoms with Crippen molar-refractivity contribution < 1.29 is 5.21 Å². The molecule has 0 amide bonds. The number of benzene rings is 1. The van der Waals surface area contributed by atoms with E-state index in [9.17, 15) is 0 Å². The average Bonchev–Trinajstić information content (AvgIpc) is 2.65. The lowest BCUT2D eigenvalue weighted by atomic mass is 10.2. The average molecular weight is 334 g/mol. The molecular formula is C20H22N4O. The number of hydrogen-bond acceptors (Lipinski definition) is 5. The lowest BCUT2D eigenvalue weighted by molar-refractivity contribution is 0.138. The Kier molecular flexibility index (Phi) is 6.16. The van der Waals surface area contributed by atoms with E-state index >= 15 is 0 Å². The van der Waals surface area contributed by atoms with E-state index in [1.54, 1.807) is 6.07 Å². The Balaban J connectivity index is 1.46. The SMILES string of the molecule is ON=Cc1cccc(C#CCN2CCN(Cc3ccccc3)CC2)n1. The van der Waals surface area contributed by atoms with Gasteiger partial charge in [0.1, 0.15) is 5.69 Å². The summed E-state index contributed by atoms with van der Waals surface area (Å²) in [6.45, 7) is 5.97. The Labute approximate surface area is 148 Å². The number of nitrogens with zero attached hydrogens (tertiary/aromatic N) is 4. The summed E-state index contributed by atoms with van der Waals surface area (Å²) >= 11 is 0. The normalized spacial score (nSPS) is 15.8. The van der Waals surface area contributed by atoms with Crippen molar-refractivity contribution in [1.29, 1.82) is 0 Å². The minimum atomic E-state index is 0.601. The summed E-state index contributed by atoms with van der Waals surface area (Å²) < 4.78 is 0. The molecule has 0 unspecified atom stereocenters. The summed E-state index contributed by atoms with van der Waals surface area (Å²) in [6, 6.07) is 16.1. The zero-order valence-electron chi connectivity index (χ0n) is 14.2. The summed E-state index contributed by atoms with van der Waals surface area (Å²) in [7, 11) is 0. The lowest BCUT2D eigenvalue weighted by Gasteiger charge is -2.33. The first-order valence-corrected chi connectivity index (χ1v) is 8.45. The van der Waals surface area contributed by atoms with Crippen LogP contribution < -0.4 is 0 Å². The van der Waals surface area contributed by atoms with Gasteiger partial charge in [0.25, 0.3) is 0 Å². The second-order valence-electron chi connectivity index (χ2n) is 6.03. The van der Waals surface area contributed by atoms with Crippen molar-refractivity contribution in [3.8, 4) is 11.8 Å². The smallest absolute Gasteiger partial charge is 0.113 e. The minimum Gasteiger partial charge on any atom is -0.411 e. The maximum Gasteiger partial charge on any atom is 0.113 e. The van der Waals surface area contributed by atoms with Crippen LogP contribution in [0.2, 0.25) is 0 Å². The molecule has 1 aliphatic rings. The van der Waals surface area contributed by atoms with Gasteiger partial charge in [0, 0.05) is 32.7 Å². The quantitative estimate of drug-likeness (QED) is 0.402. The van der Waals surface area contributed by atoms with Crippen molar-refractivity contribution in [3.63, 3.8) is 0 Å². The van der Waals surface area contributed by atoms with Gasteiger partial charge < -0.3 is 5.21 Å². The molecule has 25 heavy (non-hydrogen) atoms. The molecule has 1 fully saturated rings. The van der Waals surface area contributed by atoms with Crippen LogP contribution in [0.5, 0.6) is 0 Å². The van der Waals surface area contributed by atoms with Gasteiger partial charge in [-0.1, -0.05) is 47.5 Å². The molecule has 0 saturated carbocycles. The predicted molar refractivity (Wildman–Crippen MR) is 98.7 cm³/mol. The standard InChI is InChI=1S/C20H22N4O/c25-21-16-20-9-4-8-19(22-20)10-5-11-23-12-14-24(15-13-23)17-18-6-2-1-3-7-18/h1-4,6-9,16,25H,11-15,17H2. The molecule has 5 nitrogen and oxygen atoms in total. The molecule has 1 aromatic carbocycles. The zero-order valence-corrected chi connectivity index (χ0v) is 14.2. The van der Waals surface area contributed by atoms with E-state index in [1.165, 1.54) is 11.8 Å². The molecule has 0 atom stereocenters. The summed E-state index contributed by atoms with van der Waals surface area (Å²) in [5, 5.41) is 11.5. The largest absolute Gasteiger partial charge is 0.411 e. The minimum absolute atomic E-state index is 0.601. The molecule has 0 radical (unpaired) electrons. The van der Waals surface area contributed by atoms with Crippen LogP contribution in [0.15, 0.2) is 53.7 Å². The van der Waals surface area contributed by atoms with Crippen molar-refractivity contribution in [2.75, 3.05) is 32.7 Å². The van der Waals surface area contributed by atoms with Gasteiger partial charge in [0.2, 0.25) is 0 Å². The Hall–Kier alpha value is -2.68. The number of hydrogen-bond donors (Lipinski definition) is 1. The van der Waals surface area contributed by atoms with Gasteiger partial charge >= 0.3 is 0 Å². The maximum absolute atomic E-state index is 8.55. The molecule has 1 N–H and O–H groups in total. The maximum atomic E-state index is 8.55. The van der Waals surface area contributed by atoms with Crippen molar-refractivity contribution in [2.24, 2.45) is 5.16 Å². The third-order valence-electron chi connectivity index (χ3n) is 4.19. The molecule has 5 heteroatoms. The van der Waals surface area contributed by atoms with E-state index in [1.807, 2.05) is 12.1 Å². The topological polar surface area (TPSA) is 52.0 Å². The lowest BCUT2D eigenvalue weighted by Crippen LogP contribution is -2.45. The van der Waals surface area contributed by atoms with Crippen molar-refractivity contribution in [1.82, 2.24) is 14.8 Å². The molecule has 2 aromatic rings. The highest BCUT2D eigenvalue weighted by Gasteiger charge is 2.15. The fourth-order valence-corrected chi connectivity index (χ4v) is 2.84. The highest BCUT2D eigenvalue weighted by Crippen LogP contribution is 2.08. The van der Waals surface area contributed by atoms with E-state index in [-0.39, 0.29) is 0 Å². The Bertz CT molecular complexity index is 756. The van der Waals surface area contributed by atoms with E-state index in [2.05, 4.69) is 62.1 Å². The molecule has 0 aliphatic carbocycles. The highest BCUT2D eigenvalue weighted by molar-refractivity contribution is 5.76. The van der Waals surface area contributed by atoms with Gasteiger partial charge in [-0.2, -0.15) is 0 Å². The molecular weight excluding hydrogens is 312 g/mol. The molecule has 0 spiro atoms. The van der Waals surface area contributed by atoms with Gasteiger partial charge in [-0.3, -0.25) is 9.80 Å². The number of aromatic nitrogens is 1. The van der Waals surface area contributed by atoms with Crippen LogP contribution in [0.3, 0.4) is 0 Å². The van der Waals surface area contributed by atoms with E-state index in [0.717, 1.165) is 39.3 Å². The molecule has 1 aromatic heterocycles. The number of pyridine rings is 1. The van der Waals surface area contributed by atoms with Crippen molar-refractivity contribution in [2.45, 2.75) is 6.54 Å². The third-order valence-corrected chi connectivity index (χ3v) is 4.19. The first-order valence-electron chi connectivity index (χ1n) is 8.45. The number of rotatable bonds is 4. The molecule has 128 valence electrons. The molecule has 0 bridgehead atoms. The molecule has 1 aliphatic heterocycles. The van der Waals surface area contributed by atoms with Crippen LogP contribution in [0.1, 0.15) is 17.0 Å². The van der Waals surface area contributed by atoms with Crippen LogP contribution in [0, 0.1) is 11.8 Å². The summed E-state index contributed by atoms with van der Waals surface area (Å²) in [5.74, 6) is 6.28. The first-order chi connectivity index (χ1) is 12.3. The Morgan fingerprint density at radius 2 is 1.76 bits per heavy atom. The fourth-order valence-electron chi connectivity index (χ4n) is 2.84. The van der Waals surface area contributed by atoms with Crippen molar-refractivity contribution >= 4 is 6.21 Å². The van der Waals surface area contributed by atoms with Crippen LogP contribution in [-0.4, -0.2) is 58.9 Å². The summed E-state index contributed by atoms with van der Waals surface area (Å²) in [6.07, 6.45) is 1.30. The second kappa shape index (κ2) is 8.97. The first kappa shape index (κ1) is 17.2. The predicted octanol–water partition coefficient (Wildman–Crippen LogP) is 2.06. The Morgan fingerprint density at radius 3 is 2.52 bits per heavy atom. The van der Waals surface area contributed by atoms with E-state index < -0.39 is 0 Å². The summed E-state index contributed by atoms with van der Waals surface area (Å²) in [4.78, 5) is 9.15.